The van der Waals surface area contributed by atoms with Crippen molar-refractivity contribution in [3.8, 4) is 5.75 Å². The number of esters is 1. The van der Waals surface area contributed by atoms with Gasteiger partial charge in [-0.3, -0.25) is 0 Å². The van der Waals surface area contributed by atoms with E-state index in [-0.39, 0.29) is 18.3 Å². The summed E-state index contributed by atoms with van der Waals surface area (Å²) < 4.78 is 16.6. The summed E-state index contributed by atoms with van der Waals surface area (Å²) in [6.45, 7) is 7.31. The lowest BCUT2D eigenvalue weighted by Crippen LogP contribution is -2.46. The Kier molecular flexibility index (Phi) is 8.26. The first kappa shape index (κ1) is 26.7. The lowest BCUT2D eigenvalue weighted by molar-refractivity contribution is -0.137. The summed E-state index contributed by atoms with van der Waals surface area (Å²) in [4.78, 5) is 38.3. The molecule has 0 unspecified atom stereocenters. The fraction of sp³-hybridized carbons (Fsp3) is 0.258. The average Bonchev–Trinajstić information content (AvgIpc) is 2.91. The predicted molar refractivity (Wildman–Crippen MR) is 145 cm³/mol. The van der Waals surface area contributed by atoms with Crippen LogP contribution in [0.25, 0.3) is 11.0 Å². The van der Waals surface area contributed by atoms with Crippen LogP contribution in [-0.2, 0) is 22.6 Å². The van der Waals surface area contributed by atoms with E-state index in [9.17, 15) is 14.4 Å². The van der Waals surface area contributed by atoms with Gasteiger partial charge in [0.15, 0.2) is 0 Å². The zero-order valence-corrected chi connectivity index (χ0v) is 21.9. The lowest BCUT2D eigenvalue weighted by atomic mass is 9.98. The number of alkyl carbamates (subject to hydrolysis) is 1. The molecule has 196 valence electrons. The van der Waals surface area contributed by atoms with E-state index in [0.29, 0.717) is 23.1 Å². The predicted octanol–water partition coefficient (Wildman–Crippen LogP) is 5.86. The summed E-state index contributed by atoms with van der Waals surface area (Å²) in [5, 5.41) is 3.38. The summed E-state index contributed by atoms with van der Waals surface area (Å²) in [5.41, 5.74) is 3.73. The first-order valence-corrected chi connectivity index (χ1v) is 12.5. The van der Waals surface area contributed by atoms with Crippen LogP contribution in [0.4, 0.5) is 4.79 Å². The molecule has 7 nitrogen and oxygen atoms in total. The van der Waals surface area contributed by atoms with Crippen molar-refractivity contribution < 1.29 is 23.5 Å². The SMILES string of the molecule is Cc1c(Cc2ccccc2)c(=O)oc2c(C)c(OC(=O)[C@@H](NC(=O)OCc3ccccc3)C(C)C)ccc12. The van der Waals surface area contributed by atoms with Gasteiger partial charge in [0.2, 0.25) is 0 Å². The van der Waals surface area contributed by atoms with Gasteiger partial charge in [0.25, 0.3) is 0 Å². The molecule has 7 heteroatoms. The zero-order valence-electron chi connectivity index (χ0n) is 21.9. The molecule has 0 saturated heterocycles. The van der Waals surface area contributed by atoms with Crippen LogP contribution in [0.1, 0.15) is 41.7 Å². The van der Waals surface area contributed by atoms with Gasteiger partial charge in [-0.25, -0.2) is 14.4 Å². The van der Waals surface area contributed by atoms with Gasteiger partial charge in [-0.05, 0) is 48.6 Å². The number of hydrogen-bond acceptors (Lipinski definition) is 6. The van der Waals surface area contributed by atoms with Gasteiger partial charge in [-0.1, -0.05) is 74.5 Å². The Balaban J connectivity index is 1.51. The van der Waals surface area contributed by atoms with Crippen molar-refractivity contribution in [2.24, 2.45) is 5.92 Å². The topological polar surface area (TPSA) is 94.8 Å². The van der Waals surface area contributed by atoms with Crippen molar-refractivity contribution in [1.29, 1.82) is 0 Å². The monoisotopic (exact) mass is 513 g/mol. The summed E-state index contributed by atoms with van der Waals surface area (Å²) >= 11 is 0. The summed E-state index contributed by atoms with van der Waals surface area (Å²) in [6, 6.07) is 21.5. The maximum absolute atomic E-state index is 13.1. The van der Waals surface area contributed by atoms with Gasteiger partial charge in [0.05, 0.1) is 0 Å². The second-order valence-corrected chi connectivity index (χ2v) is 9.57. The maximum atomic E-state index is 13.1. The quantitative estimate of drug-likeness (QED) is 0.180. The van der Waals surface area contributed by atoms with Crippen molar-refractivity contribution in [3.63, 3.8) is 0 Å². The summed E-state index contributed by atoms with van der Waals surface area (Å²) in [6.07, 6.45) is -0.254. The zero-order chi connectivity index (χ0) is 27.2. The molecule has 0 aliphatic heterocycles. The molecule has 1 N–H and O–H groups in total. The molecule has 0 fully saturated rings. The fourth-order valence-electron chi connectivity index (χ4n) is 4.25. The van der Waals surface area contributed by atoms with E-state index in [1.54, 1.807) is 32.9 Å². The third kappa shape index (κ3) is 6.11. The fourth-order valence-corrected chi connectivity index (χ4v) is 4.25. The first-order valence-electron chi connectivity index (χ1n) is 12.5. The Hall–Kier alpha value is -4.39. The smallest absolute Gasteiger partial charge is 0.408 e. The lowest BCUT2D eigenvalue weighted by Gasteiger charge is -2.21. The highest BCUT2D eigenvalue weighted by atomic mass is 16.6. The molecule has 0 spiro atoms. The number of rotatable bonds is 8. The number of amides is 1. The largest absolute Gasteiger partial charge is 0.445 e. The summed E-state index contributed by atoms with van der Waals surface area (Å²) in [5.74, 6) is -0.641. The molecule has 4 aromatic rings. The molecule has 0 bridgehead atoms. The van der Waals surface area contributed by atoms with Crippen molar-refractivity contribution in [3.05, 3.63) is 111 Å². The van der Waals surface area contributed by atoms with E-state index < -0.39 is 23.7 Å². The highest BCUT2D eigenvalue weighted by Gasteiger charge is 2.28. The minimum Gasteiger partial charge on any atom is -0.445 e. The van der Waals surface area contributed by atoms with Gasteiger partial charge >= 0.3 is 17.7 Å². The van der Waals surface area contributed by atoms with E-state index in [1.165, 1.54) is 0 Å². The molecular formula is C31H31NO6. The van der Waals surface area contributed by atoms with E-state index in [4.69, 9.17) is 13.9 Å². The molecule has 38 heavy (non-hydrogen) atoms. The minimum absolute atomic E-state index is 0.0843. The molecule has 0 aliphatic rings. The van der Waals surface area contributed by atoms with Crippen LogP contribution in [0.2, 0.25) is 0 Å². The van der Waals surface area contributed by atoms with Crippen molar-refractivity contribution in [1.82, 2.24) is 5.32 Å². The number of nitrogens with one attached hydrogen (secondary N) is 1. The van der Waals surface area contributed by atoms with Crippen LogP contribution in [0.5, 0.6) is 5.75 Å². The number of carbonyl (C=O) groups excluding carboxylic acids is 2. The molecule has 4 rings (SSSR count). The van der Waals surface area contributed by atoms with Gasteiger partial charge in [0, 0.05) is 22.9 Å². The van der Waals surface area contributed by atoms with E-state index in [2.05, 4.69) is 5.32 Å². The Bertz CT molecular complexity index is 1490. The number of carbonyl (C=O) groups is 2. The van der Waals surface area contributed by atoms with E-state index >= 15 is 0 Å². The van der Waals surface area contributed by atoms with Crippen molar-refractivity contribution in [2.45, 2.75) is 46.8 Å². The van der Waals surface area contributed by atoms with Crippen LogP contribution in [0.3, 0.4) is 0 Å². The standard InChI is InChI=1S/C31H31NO6/c1-19(2)27(32-31(35)36-18-23-13-9-6-10-14-23)30(34)37-26-16-15-24-20(3)25(17-22-11-7-5-8-12-22)29(33)38-28(24)21(26)4/h5-16,19,27H,17-18H2,1-4H3,(H,32,35)/t27-/m0/s1. The molecule has 1 aromatic heterocycles. The second-order valence-electron chi connectivity index (χ2n) is 9.57. The van der Waals surface area contributed by atoms with Crippen LogP contribution in [-0.4, -0.2) is 18.1 Å². The first-order chi connectivity index (χ1) is 18.2. The molecule has 1 atom stereocenters. The minimum atomic E-state index is -0.935. The third-order valence-electron chi connectivity index (χ3n) is 6.50. The molecule has 0 saturated carbocycles. The Morgan fingerprint density at radius 2 is 1.50 bits per heavy atom. The van der Waals surface area contributed by atoms with Crippen LogP contribution < -0.4 is 15.7 Å². The number of fused-ring (bicyclic) bond motifs is 1. The molecule has 0 aliphatic carbocycles. The maximum Gasteiger partial charge on any atom is 0.408 e. The molecule has 3 aromatic carbocycles. The highest BCUT2D eigenvalue weighted by molar-refractivity contribution is 5.88. The molecule has 0 radical (unpaired) electrons. The van der Waals surface area contributed by atoms with Gasteiger partial charge in [-0.2, -0.15) is 0 Å². The van der Waals surface area contributed by atoms with Gasteiger partial charge in [0.1, 0.15) is 24.0 Å². The number of aryl methyl sites for hydroxylation is 2. The van der Waals surface area contributed by atoms with Crippen LogP contribution in [0.15, 0.2) is 82.0 Å². The van der Waals surface area contributed by atoms with Crippen molar-refractivity contribution >= 4 is 23.0 Å². The average molecular weight is 514 g/mol. The Morgan fingerprint density at radius 1 is 0.868 bits per heavy atom. The molecule has 1 heterocycles. The third-order valence-corrected chi connectivity index (χ3v) is 6.50. The number of ether oxygens (including phenoxy) is 2. The van der Waals surface area contributed by atoms with Gasteiger partial charge in [-0.15, -0.1) is 0 Å². The normalized spacial score (nSPS) is 11.8. The number of benzene rings is 3. The molecule has 1 amide bonds. The molecular weight excluding hydrogens is 482 g/mol. The Morgan fingerprint density at radius 3 is 2.13 bits per heavy atom. The Labute approximate surface area is 221 Å². The number of hydrogen-bond donors (Lipinski definition) is 1. The highest BCUT2D eigenvalue weighted by Crippen LogP contribution is 2.30. The van der Waals surface area contributed by atoms with Crippen LogP contribution >= 0.6 is 0 Å². The van der Waals surface area contributed by atoms with E-state index in [1.807, 2.05) is 67.6 Å². The van der Waals surface area contributed by atoms with Gasteiger partial charge < -0.3 is 19.2 Å². The van der Waals surface area contributed by atoms with E-state index in [0.717, 1.165) is 22.1 Å². The van der Waals surface area contributed by atoms with Crippen molar-refractivity contribution in [2.75, 3.05) is 0 Å². The summed E-state index contributed by atoms with van der Waals surface area (Å²) in [7, 11) is 0. The second kappa shape index (κ2) is 11.8. The van der Waals surface area contributed by atoms with Crippen LogP contribution in [0, 0.1) is 19.8 Å².